The number of pyridine rings is 2. The second-order valence-electron chi connectivity index (χ2n) is 7.36. The van der Waals surface area contributed by atoms with Crippen molar-refractivity contribution in [2.24, 2.45) is 5.92 Å². The van der Waals surface area contributed by atoms with Gasteiger partial charge in [0.25, 0.3) is 0 Å². The van der Waals surface area contributed by atoms with E-state index in [9.17, 15) is 22.8 Å². The van der Waals surface area contributed by atoms with Crippen LogP contribution in [0.15, 0.2) is 36.7 Å². The van der Waals surface area contributed by atoms with Crippen molar-refractivity contribution in [3.8, 4) is 5.75 Å². The molecule has 2 aromatic rings. The smallest absolute Gasteiger partial charge is 0.433 e. The van der Waals surface area contributed by atoms with E-state index in [1.165, 1.54) is 29.2 Å². The number of carbonyl (C=O) groups is 2. The zero-order valence-electron chi connectivity index (χ0n) is 17.2. The molecule has 1 atom stereocenters. The fourth-order valence-corrected chi connectivity index (χ4v) is 3.29. The summed E-state index contributed by atoms with van der Waals surface area (Å²) in [4.78, 5) is 35.7. The van der Waals surface area contributed by atoms with Crippen LogP contribution in [0.25, 0.3) is 0 Å². The van der Waals surface area contributed by atoms with Crippen molar-refractivity contribution in [3.05, 3.63) is 42.4 Å². The Bertz CT molecular complexity index is 950. The number of methoxy groups -OCH3 is 1. The molecule has 0 spiro atoms. The highest BCUT2D eigenvalue weighted by Gasteiger charge is 2.41. The molecule has 1 saturated heterocycles. The van der Waals surface area contributed by atoms with Crippen LogP contribution in [0.2, 0.25) is 0 Å². The summed E-state index contributed by atoms with van der Waals surface area (Å²) >= 11 is 0. The number of nitrogens with one attached hydrogen (secondary N) is 1. The zero-order valence-corrected chi connectivity index (χ0v) is 17.2. The van der Waals surface area contributed by atoms with Crippen molar-refractivity contribution >= 4 is 23.4 Å². The first-order chi connectivity index (χ1) is 14.6. The monoisotopic (exact) mass is 437 g/mol. The van der Waals surface area contributed by atoms with Crippen LogP contribution < -0.4 is 15.0 Å². The lowest BCUT2D eigenvalue weighted by Crippen LogP contribution is -2.42. The van der Waals surface area contributed by atoms with E-state index in [0.717, 1.165) is 12.3 Å². The molecule has 3 rings (SSSR count). The minimum absolute atomic E-state index is 0.0131. The third-order valence-corrected chi connectivity index (χ3v) is 4.91. The van der Waals surface area contributed by atoms with Crippen molar-refractivity contribution in [3.63, 3.8) is 0 Å². The van der Waals surface area contributed by atoms with Crippen LogP contribution in [-0.2, 0) is 11.0 Å². The van der Waals surface area contributed by atoms with E-state index in [1.54, 1.807) is 12.1 Å². The number of carbonyl (C=O) groups excluding carboxylic acids is 2. The molecule has 0 aromatic carbocycles. The molecule has 0 aliphatic carbocycles. The minimum atomic E-state index is -4.56. The van der Waals surface area contributed by atoms with E-state index in [0.29, 0.717) is 5.75 Å². The molecule has 166 valence electrons. The first-order valence-electron chi connectivity index (χ1n) is 9.51. The summed E-state index contributed by atoms with van der Waals surface area (Å²) in [7, 11) is 1.49. The van der Waals surface area contributed by atoms with Crippen molar-refractivity contribution in [2.75, 3.05) is 30.4 Å². The van der Waals surface area contributed by atoms with Gasteiger partial charge in [0, 0.05) is 18.8 Å². The summed E-state index contributed by atoms with van der Waals surface area (Å²) in [6.45, 7) is 3.81. The lowest BCUT2D eigenvalue weighted by molar-refractivity contribution is -0.141. The van der Waals surface area contributed by atoms with E-state index >= 15 is 0 Å². The van der Waals surface area contributed by atoms with Crippen LogP contribution in [0.4, 0.5) is 29.5 Å². The molecule has 0 saturated carbocycles. The van der Waals surface area contributed by atoms with Gasteiger partial charge in [-0.25, -0.2) is 14.8 Å². The van der Waals surface area contributed by atoms with E-state index in [2.05, 4.69) is 15.3 Å². The van der Waals surface area contributed by atoms with Crippen LogP contribution in [0, 0.1) is 5.92 Å². The minimum Gasteiger partial charge on any atom is -0.497 e. The molecule has 1 aliphatic rings. The maximum Gasteiger partial charge on any atom is 0.433 e. The van der Waals surface area contributed by atoms with Gasteiger partial charge in [-0.05, 0) is 24.1 Å². The van der Waals surface area contributed by atoms with Gasteiger partial charge in [-0.1, -0.05) is 13.8 Å². The van der Waals surface area contributed by atoms with Crippen molar-refractivity contribution in [1.29, 1.82) is 0 Å². The molecule has 8 nitrogen and oxygen atoms in total. The van der Waals surface area contributed by atoms with Gasteiger partial charge in [0.1, 0.15) is 23.8 Å². The van der Waals surface area contributed by atoms with E-state index in [-0.39, 0.29) is 36.6 Å². The number of aromatic nitrogens is 2. The van der Waals surface area contributed by atoms with Crippen LogP contribution in [0.3, 0.4) is 0 Å². The zero-order chi connectivity index (χ0) is 22.8. The second-order valence-corrected chi connectivity index (χ2v) is 7.36. The lowest BCUT2D eigenvalue weighted by atomic mass is 10.0. The third kappa shape index (κ3) is 5.04. The van der Waals surface area contributed by atoms with Gasteiger partial charge in [-0.3, -0.25) is 9.69 Å². The fourth-order valence-electron chi connectivity index (χ4n) is 3.29. The molecular formula is C20H22F3N5O3. The quantitative estimate of drug-likeness (QED) is 0.749. The van der Waals surface area contributed by atoms with E-state index < -0.39 is 23.8 Å². The third-order valence-electron chi connectivity index (χ3n) is 4.91. The first-order valence-corrected chi connectivity index (χ1v) is 9.51. The highest BCUT2D eigenvalue weighted by molar-refractivity contribution is 5.99. The number of hydrogen-bond acceptors (Lipinski definition) is 5. The Hall–Kier alpha value is -3.37. The number of ether oxygens (including phenoxy) is 1. The number of hydrogen-bond donors (Lipinski definition) is 1. The summed E-state index contributed by atoms with van der Waals surface area (Å²) in [5.41, 5.74) is -0.800. The highest BCUT2D eigenvalue weighted by atomic mass is 19.4. The molecule has 3 amide bonds. The van der Waals surface area contributed by atoms with Crippen molar-refractivity contribution in [1.82, 2.24) is 14.9 Å². The Kier molecular flexibility index (Phi) is 6.32. The number of alkyl halides is 3. The molecule has 3 heterocycles. The molecule has 1 fully saturated rings. The van der Waals surface area contributed by atoms with Gasteiger partial charge in [0.2, 0.25) is 5.91 Å². The van der Waals surface area contributed by atoms with Crippen LogP contribution in [0.1, 0.15) is 19.5 Å². The maximum atomic E-state index is 13.0. The van der Waals surface area contributed by atoms with E-state index in [1.807, 2.05) is 13.8 Å². The first kappa shape index (κ1) is 22.3. The van der Waals surface area contributed by atoms with Gasteiger partial charge in [-0.2, -0.15) is 13.2 Å². The molecule has 0 unspecified atom stereocenters. The van der Waals surface area contributed by atoms with E-state index in [4.69, 9.17) is 4.74 Å². The average molecular weight is 437 g/mol. The standard InChI is InChI=1S/C20H22F3N5O3/c1-12(2)15-10-27(13-4-5-16(25-9-13)20(21,22)23)19(30)28(15)11-18(29)26-17-8-14(31-3)6-7-24-17/h4-9,12,15H,10-11H2,1-3H3,(H,24,26,29)/t15-/m1/s1. The molecule has 0 bridgehead atoms. The van der Waals surface area contributed by atoms with Crippen LogP contribution in [-0.4, -0.2) is 53.0 Å². The summed E-state index contributed by atoms with van der Waals surface area (Å²) < 4.78 is 43.4. The Balaban J connectivity index is 1.75. The number of anilines is 2. The van der Waals surface area contributed by atoms with Gasteiger partial charge >= 0.3 is 12.2 Å². The summed E-state index contributed by atoms with van der Waals surface area (Å²) in [5, 5.41) is 2.62. The number of urea groups is 1. The predicted octanol–water partition coefficient (Wildman–Crippen LogP) is 3.41. The predicted molar refractivity (Wildman–Crippen MR) is 107 cm³/mol. The van der Waals surface area contributed by atoms with Crippen molar-refractivity contribution < 1.29 is 27.5 Å². The van der Waals surface area contributed by atoms with Gasteiger partial charge < -0.3 is 15.0 Å². The Morgan fingerprint density at radius 1 is 1.29 bits per heavy atom. The summed E-state index contributed by atoms with van der Waals surface area (Å²) in [6.07, 6.45) is -2.07. The molecule has 11 heteroatoms. The lowest BCUT2D eigenvalue weighted by Gasteiger charge is -2.25. The molecule has 0 radical (unpaired) electrons. The van der Waals surface area contributed by atoms with Gasteiger partial charge in [0.15, 0.2) is 0 Å². The molecule has 1 aliphatic heterocycles. The largest absolute Gasteiger partial charge is 0.497 e. The molecular weight excluding hydrogens is 415 g/mol. The summed E-state index contributed by atoms with van der Waals surface area (Å²) in [5.74, 6) is 0.357. The Morgan fingerprint density at radius 3 is 2.61 bits per heavy atom. The van der Waals surface area contributed by atoms with Crippen LogP contribution in [0.5, 0.6) is 5.75 Å². The normalized spacial score (nSPS) is 16.7. The second kappa shape index (κ2) is 8.78. The van der Waals surface area contributed by atoms with Gasteiger partial charge in [-0.15, -0.1) is 0 Å². The number of rotatable bonds is 6. The molecule has 2 aromatic heterocycles. The Labute approximate surface area is 177 Å². The Morgan fingerprint density at radius 2 is 2.03 bits per heavy atom. The fraction of sp³-hybridized carbons (Fsp3) is 0.400. The maximum absolute atomic E-state index is 13.0. The number of nitrogens with zero attached hydrogens (tertiary/aromatic N) is 4. The van der Waals surface area contributed by atoms with Crippen LogP contribution >= 0.6 is 0 Å². The number of amides is 3. The van der Waals surface area contributed by atoms with Crippen molar-refractivity contribution in [2.45, 2.75) is 26.1 Å². The molecule has 1 N–H and O–H groups in total. The van der Waals surface area contributed by atoms with Gasteiger partial charge in [0.05, 0.1) is 25.0 Å². The average Bonchev–Trinajstić information content (AvgIpc) is 3.04. The number of halogens is 3. The SMILES string of the molecule is COc1ccnc(NC(=O)CN2C(=O)N(c3ccc(C(F)(F)F)nc3)C[C@@H]2C(C)C)c1. The molecule has 31 heavy (non-hydrogen) atoms. The highest BCUT2D eigenvalue weighted by Crippen LogP contribution is 2.31. The topological polar surface area (TPSA) is 87.7 Å². The summed E-state index contributed by atoms with van der Waals surface area (Å²) in [6, 6.07) is 4.42.